The number of benzene rings is 1. The van der Waals surface area contributed by atoms with Gasteiger partial charge in [-0.1, -0.05) is 18.2 Å². The van der Waals surface area contributed by atoms with E-state index >= 15 is 0 Å². The average Bonchev–Trinajstić information content (AvgIpc) is 3.11. The van der Waals surface area contributed by atoms with Crippen molar-refractivity contribution < 1.29 is 18.7 Å². The molecule has 1 aromatic carbocycles. The first-order valence-corrected chi connectivity index (χ1v) is 9.96. The molecule has 0 saturated carbocycles. The van der Waals surface area contributed by atoms with Crippen molar-refractivity contribution in [1.82, 2.24) is 14.8 Å². The Bertz CT molecular complexity index is 874. The zero-order valence-corrected chi connectivity index (χ0v) is 16.8. The smallest absolute Gasteiger partial charge is 0.291 e. The van der Waals surface area contributed by atoms with Gasteiger partial charge in [-0.05, 0) is 19.1 Å². The molecule has 0 bridgehead atoms. The van der Waals surface area contributed by atoms with E-state index in [2.05, 4.69) is 22.0 Å². The van der Waals surface area contributed by atoms with Crippen LogP contribution < -0.4 is 4.90 Å². The predicted octanol–water partition coefficient (Wildman–Crippen LogP) is 1.48. The van der Waals surface area contributed by atoms with Crippen molar-refractivity contribution in [3.8, 4) is 0 Å². The fourth-order valence-electron chi connectivity index (χ4n) is 3.88. The zero-order chi connectivity index (χ0) is 20.4. The lowest BCUT2D eigenvalue weighted by Crippen LogP contribution is -2.56. The average molecular weight is 398 g/mol. The maximum atomic E-state index is 13.0. The largest absolute Gasteiger partial charge is 0.436 e. The molecule has 154 valence electrons. The third kappa shape index (κ3) is 4.12. The number of rotatable bonds is 3. The summed E-state index contributed by atoms with van der Waals surface area (Å²) >= 11 is 0. The third-order valence-corrected chi connectivity index (χ3v) is 5.44. The van der Waals surface area contributed by atoms with Crippen molar-refractivity contribution in [3.05, 3.63) is 47.7 Å². The standard InChI is InChI=1S/C21H26N4O4/c1-15-19(29-16(2)22-15)21(27)25-12-13-28-18(14-25)20(26)24-10-8-23(9-11-24)17-6-4-3-5-7-17/h3-7,18H,8-14H2,1-2H3/t18-/m1/s1. The first kappa shape index (κ1) is 19.4. The molecule has 0 radical (unpaired) electrons. The van der Waals surface area contributed by atoms with Crippen LogP contribution in [0.2, 0.25) is 0 Å². The SMILES string of the molecule is Cc1nc(C)c(C(=O)N2CCO[C@@H](C(=O)N3CCN(c4ccccc4)CC3)C2)o1. The van der Waals surface area contributed by atoms with E-state index < -0.39 is 6.10 Å². The first-order chi connectivity index (χ1) is 14.0. The van der Waals surface area contributed by atoms with Gasteiger partial charge in [-0.15, -0.1) is 0 Å². The van der Waals surface area contributed by atoms with Crippen LogP contribution in [0.3, 0.4) is 0 Å². The van der Waals surface area contributed by atoms with E-state index in [9.17, 15) is 9.59 Å². The van der Waals surface area contributed by atoms with Gasteiger partial charge in [0.25, 0.3) is 11.8 Å². The third-order valence-electron chi connectivity index (χ3n) is 5.44. The highest BCUT2D eigenvalue weighted by atomic mass is 16.5. The summed E-state index contributed by atoms with van der Waals surface area (Å²) in [5, 5.41) is 0. The number of hydrogen-bond donors (Lipinski definition) is 0. The van der Waals surface area contributed by atoms with Gasteiger partial charge in [0.05, 0.1) is 18.8 Å². The monoisotopic (exact) mass is 398 g/mol. The summed E-state index contributed by atoms with van der Waals surface area (Å²) in [6, 6.07) is 10.2. The Hall–Kier alpha value is -2.87. The number of nitrogens with zero attached hydrogens (tertiary/aromatic N) is 4. The number of amides is 2. The number of carbonyl (C=O) groups is 2. The number of oxazole rings is 1. The summed E-state index contributed by atoms with van der Waals surface area (Å²) in [4.78, 5) is 35.7. The van der Waals surface area contributed by atoms with Gasteiger partial charge in [-0.3, -0.25) is 9.59 Å². The minimum atomic E-state index is -0.639. The molecule has 4 rings (SSSR count). The number of aryl methyl sites for hydroxylation is 2. The van der Waals surface area contributed by atoms with Crippen molar-refractivity contribution in [1.29, 1.82) is 0 Å². The first-order valence-electron chi connectivity index (χ1n) is 9.96. The van der Waals surface area contributed by atoms with E-state index in [1.54, 1.807) is 18.7 Å². The molecule has 8 heteroatoms. The van der Waals surface area contributed by atoms with Crippen LogP contribution in [0.1, 0.15) is 22.1 Å². The highest BCUT2D eigenvalue weighted by Gasteiger charge is 2.35. The van der Waals surface area contributed by atoms with Gasteiger partial charge in [0, 0.05) is 45.3 Å². The Kier molecular flexibility index (Phi) is 5.53. The summed E-state index contributed by atoms with van der Waals surface area (Å²) in [7, 11) is 0. The number of para-hydroxylation sites is 1. The molecule has 3 heterocycles. The molecule has 0 aliphatic carbocycles. The van der Waals surface area contributed by atoms with Gasteiger partial charge in [0.15, 0.2) is 12.0 Å². The maximum Gasteiger partial charge on any atom is 0.291 e. The van der Waals surface area contributed by atoms with Crippen LogP contribution in [0.15, 0.2) is 34.7 Å². The minimum Gasteiger partial charge on any atom is -0.436 e. The molecular formula is C21H26N4O4. The number of ether oxygens (including phenoxy) is 1. The van der Waals surface area contributed by atoms with Crippen LogP contribution in [0.4, 0.5) is 5.69 Å². The van der Waals surface area contributed by atoms with Crippen LogP contribution in [-0.2, 0) is 9.53 Å². The Morgan fingerprint density at radius 3 is 2.38 bits per heavy atom. The van der Waals surface area contributed by atoms with Crippen molar-refractivity contribution in [2.24, 2.45) is 0 Å². The van der Waals surface area contributed by atoms with E-state index in [0.29, 0.717) is 37.8 Å². The molecule has 2 aromatic rings. The number of morpholine rings is 1. The Labute approximate surface area is 170 Å². The second-order valence-electron chi connectivity index (χ2n) is 7.41. The topological polar surface area (TPSA) is 79.1 Å². The van der Waals surface area contributed by atoms with Gasteiger partial charge in [0.1, 0.15) is 0 Å². The zero-order valence-electron chi connectivity index (χ0n) is 16.8. The minimum absolute atomic E-state index is 0.0549. The molecule has 1 aromatic heterocycles. The van der Waals surface area contributed by atoms with Crippen molar-refractivity contribution in [2.75, 3.05) is 50.8 Å². The Morgan fingerprint density at radius 1 is 1.00 bits per heavy atom. The van der Waals surface area contributed by atoms with E-state index in [-0.39, 0.29) is 24.1 Å². The summed E-state index contributed by atoms with van der Waals surface area (Å²) in [6.07, 6.45) is -0.639. The molecule has 0 spiro atoms. The second-order valence-corrected chi connectivity index (χ2v) is 7.41. The summed E-state index contributed by atoms with van der Waals surface area (Å²) in [6.45, 7) is 7.30. The quantitative estimate of drug-likeness (QED) is 0.779. The molecule has 29 heavy (non-hydrogen) atoms. The van der Waals surface area contributed by atoms with Crippen LogP contribution in [0.25, 0.3) is 0 Å². The molecule has 2 aliphatic rings. The van der Waals surface area contributed by atoms with Gasteiger partial charge in [-0.25, -0.2) is 4.98 Å². The van der Waals surface area contributed by atoms with Crippen molar-refractivity contribution in [3.63, 3.8) is 0 Å². The molecule has 2 aliphatic heterocycles. The number of hydrogen-bond acceptors (Lipinski definition) is 6. The van der Waals surface area contributed by atoms with E-state index in [0.717, 1.165) is 13.1 Å². The van der Waals surface area contributed by atoms with E-state index in [1.807, 2.05) is 23.1 Å². The number of aromatic nitrogens is 1. The molecular weight excluding hydrogens is 372 g/mol. The predicted molar refractivity (Wildman–Crippen MR) is 107 cm³/mol. The molecule has 2 fully saturated rings. The highest BCUT2D eigenvalue weighted by molar-refractivity contribution is 5.93. The second kappa shape index (κ2) is 8.24. The Morgan fingerprint density at radius 2 is 1.72 bits per heavy atom. The lowest BCUT2D eigenvalue weighted by Gasteiger charge is -2.39. The summed E-state index contributed by atoms with van der Waals surface area (Å²) in [5.74, 6) is 0.411. The van der Waals surface area contributed by atoms with Crippen molar-refractivity contribution >= 4 is 17.5 Å². The normalized spacial score (nSPS) is 20.1. The van der Waals surface area contributed by atoms with Crippen LogP contribution >= 0.6 is 0 Å². The number of piperazine rings is 1. The number of carbonyl (C=O) groups excluding carboxylic acids is 2. The summed E-state index contributed by atoms with van der Waals surface area (Å²) < 4.78 is 11.2. The Balaban J connectivity index is 1.35. The number of anilines is 1. The molecule has 0 unspecified atom stereocenters. The molecule has 2 amide bonds. The van der Waals surface area contributed by atoms with Gasteiger partial charge in [0.2, 0.25) is 5.76 Å². The van der Waals surface area contributed by atoms with Gasteiger partial charge < -0.3 is 23.9 Å². The van der Waals surface area contributed by atoms with Gasteiger partial charge >= 0.3 is 0 Å². The lowest BCUT2D eigenvalue weighted by molar-refractivity contribution is -0.148. The molecule has 1 atom stereocenters. The fraction of sp³-hybridized carbons (Fsp3) is 0.476. The van der Waals surface area contributed by atoms with Crippen LogP contribution in [0.5, 0.6) is 0 Å². The van der Waals surface area contributed by atoms with Gasteiger partial charge in [-0.2, -0.15) is 0 Å². The fourth-order valence-corrected chi connectivity index (χ4v) is 3.88. The van der Waals surface area contributed by atoms with E-state index in [1.165, 1.54) is 5.69 Å². The van der Waals surface area contributed by atoms with E-state index in [4.69, 9.17) is 9.15 Å². The molecule has 8 nitrogen and oxygen atoms in total. The van der Waals surface area contributed by atoms with Crippen LogP contribution in [-0.4, -0.2) is 78.6 Å². The van der Waals surface area contributed by atoms with Crippen LogP contribution in [0, 0.1) is 13.8 Å². The molecule has 2 saturated heterocycles. The van der Waals surface area contributed by atoms with Crippen molar-refractivity contribution in [2.45, 2.75) is 20.0 Å². The maximum absolute atomic E-state index is 13.0. The lowest BCUT2D eigenvalue weighted by atomic mass is 10.2. The summed E-state index contributed by atoms with van der Waals surface area (Å²) in [5.41, 5.74) is 1.74. The molecule has 0 N–H and O–H groups in total. The highest BCUT2D eigenvalue weighted by Crippen LogP contribution is 2.19.